The van der Waals surface area contributed by atoms with Crippen LogP contribution >= 0.6 is 7.37 Å². The third-order valence-corrected chi connectivity index (χ3v) is 10.9. The van der Waals surface area contributed by atoms with Gasteiger partial charge in [0, 0.05) is 25.0 Å². The van der Waals surface area contributed by atoms with Gasteiger partial charge in [0.05, 0.1) is 0 Å². The van der Waals surface area contributed by atoms with E-state index >= 15 is 0 Å². The maximum Gasteiger partial charge on any atom is 0.326 e. The van der Waals surface area contributed by atoms with Crippen LogP contribution in [0.5, 0.6) is 0 Å². The van der Waals surface area contributed by atoms with E-state index in [1.165, 1.54) is 16.9 Å². The second kappa shape index (κ2) is 14.6. The molecule has 1 aliphatic carbocycles. The molecule has 0 spiro atoms. The van der Waals surface area contributed by atoms with Crippen molar-refractivity contribution >= 4 is 25.2 Å². The number of carboxylic acids is 1. The largest absolute Gasteiger partial charge is 0.480 e. The van der Waals surface area contributed by atoms with Crippen molar-refractivity contribution in [2.24, 2.45) is 17.3 Å². The van der Waals surface area contributed by atoms with Gasteiger partial charge in [-0.2, -0.15) is 0 Å². The predicted octanol–water partition coefficient (Wildman–Crippen LogP) is 6.51. The zero-order chi connectivity index (χ0) is 29.3. The number of unbranched alkanes of at least 4 members (excludes halogenated alkanes) is 1. The first-order chi connectivity index (χ1) is 19.0. The highest BCUT2D eigenvalue weighted by Gasteiger charge is 2.50. The summed E-state index contributed by atoms with van der Waals surface area (Å²) in [6, 6.07) is 9.07. The lowest BCUT2D eigenvalue weighted by molar-refractivity contribution is -0.169. The van der Waals surface area contributed by atoms with Crippen molar-refractivity contribution < 1.29 is 33.3 Å². The first-order valence-corrected chi connectivity index (χ1v) is 17.0. The minimum absolute atomic E-state index is 0.153. The Kier molecular flexibility index (Phi) is 11.8. The molecule has 0 radical (unpaired) electrons. The standard InChI is InChI=1S/C31H48NO7P/c1-5-28(34)38-30(23(2)3)39-40(37,19-13-12-16-24-14-8-6-9-15-24)21-27(33)32-22-31(4,20-26(32)29(35)36)25-17-10-7-11-18-25/h6,8-9,14-15,23,25-26,30H,5,7,10-13,16-22H2,1-4H3,(H,35,36)/t26-,30?,31?,40?/m0/s1. The van der Waals surface area contributed by atoms with E-state index in [0.29, 0.717) is 25.3 Å². The van der Waals surface area contributed by atoms with E-state index in [9.17, 15) is 24.1 Å². The number of likely N-dealkylation sites (tertiary alicyclic amines) is 1. The minimum atomic E-state index is -3.62. The summed E-state index contributed by atoms with van der Waals surface area (Å²) in [5, 5.41) is 10.0. The Hall–Kier alpha value is -2.18. The van der Waals surface area contributed by atoms with Crippen molar-refractivity contribution in [3.63, 3.8) is 0 Å². The maximum absolute atomic E-state index is 14.3. The van der Waals surface area contributed by atoms with Gasteiger partial charge in [0.2, 0.25) is 19.6 Å². The predicted molar refractivity (Wildman–Crippen MR) is 155 cm³/mol. The molecular formula is C31H48NO7P. The highest BCUT2D eigenvalue weighted by atomic mass is 31.2. The molecule has 9 heteroatoms. The van der Waals surface area contributed by atoms with Crippen LogP contribution in [0.25, 0.3) is 0 Å². The average Bonchev–Trinajstić information content (AvgIpc) is 3.31. The van der Waals surface area contributed by atoms with E-state index in [1.54, 1.807) is 6.92 Å². The van der Waals surface area contributed by atoms with Crippen LogP contribution in [0.2, 0.25) is 0 Å². The number of carboxylic acid groups (broad SMARTS) is 1. The number of aryl methyl sites for hydroxylation is 1. The summed E-state index contributed by atoms with van der Waals surface area (Å²) in [7, 11) is -3.62. The second-order valence-electron chi connectivity index (χ2n) is 12.3. The molecule has 1 saturated carbocycles. The number of hydrogen-bond acceptors (Lipinski definition) is 6. The number of carbonyl (C=O) groups is 3. The molecule has 0 bridgehead atoms. The molecule has 8 nitrogen and oxygen atoms in total. The van der Waals surface area contributed by atoms with Gasteiger partial charge < -0.3 is 14.7 Å². The number of aliphatic carboxylic acids is 1. The molecule has 3 unspecified atom stereocenters. The topological polar surface area (TPSA) is 110 Å². The molecule has 1 aromatic rings. The van der Waals surface area contributed by atoms with E-state index in [0.717, 1.165) is 38.5 Å². The lowest BCUT2D eigenvalue weighted by Crippen LogP contribution is -2.43. The van der Waals surface area contributed by atoms with Crippen LogP contribution in [0.1, 0.15) is 91.0 Å². The zero-order valence-corrected chi connectivity index (χ0v) is 25.6. The number of rotatable bonds is 14. The summed E-state index contributed by atoms with van der Waals surface area (Å²) in [5.74, 6) is -1.84. The Balaban J connectivity index is 1.76. The molecule has 4 atom stereocenters. The summed E-state index contributed by atoms with van der Waals surface area (Å²) >= 11 is 0. The number of amides is 1. The molecule has 0 aromatic heterocycles. The molecular weight excluding hydrogens is 529 g/mol. The van der Waals surface area contributed by atoms with Crippen molar-refractivity contribution in [3.8, 4) is 0 Å². The van der Waals surface area contributed by atoms with Crippen LogP contribution in [0.3, 0.4) is 0 Å². The molecule has 1 aromatic carbocycles. The van der Waals surface area contributed by atoms with Crippen molar-refractivity contribution in [3.05, 3.63) is 35.9 Å². The Morgan fingerprint density at radius 3 is 2.38 bits per heavy atom. The molecule has 1 amide bonds. The Morgan fingerprint density at radius 2 is 1.77 bits per heavy atom. The fraction of sp³-hybridized carbons (Fsp3) is 0.710. The minimum Gasteiger partial charge on any atom is -0.480 e. The summed E-state index contributed by atoms with van der Waals surface area (Å²) in [6.07, 6.45) is 6.96. The SMILES string of the molecule is CCC(=O)OC(OP(=O)(CCCCc1ccccc1)CC(=O)N1CC(C)(C2CCCCC2)C[C@H]1C(=O)O)C(C)C. The molecule has 224 valence electrons. The average molecular weight is 578 g/mol. The number of carbonyl (C=O) groups excluding carboxylic acids is 2. The first kappa shape index (κ1) is 32.3. The van der Waals surface area contributed by atoms with E-state index in [-0.39, 0.29) is 23.9 Å². The smallest absolute Gasteiger partial charge is 0.326 e. The quantitative estimate of drug-likeness (QED) is 0.116. The Morgan fingerprint density at radius 1 is 1.10 bits per heavy atom. The zero-order valence-electron chi connectivity index (χ0n) is 24.7. The van der Waals surface area contributed by atoms with Gasteiger partial charge in [-0.05, 0) is 55.4 Å². The highest BCUT2D eigenvalue weighted by molar-refractivity contribution is 7.59. The van der Waals surface area contributed by atoms with E-state index in [2.05, 4.69) is 6.92 Å². The molecule has 2 fully saturated rings. The van der Waals surface area contributed by atoms with Gasteiger partial charge in [0.25, 0.3) is 0 Å². The molecule has 40 heavy (non-hydrogen) atoms. The summed E-state index contributed by atoms with van der Waals surface area (Å²) in [4.78, 5) is 39.5. The lowest BCUT2D eigenvalue weighted by Gasteiger charge is -2.36. The number of ether oxygens (including phenoxy) is 1. The molecule has 1 aliphatic heterocycles. The van der Waals surface area contributed by atoms with Crippen molar-refractivity contribution in [2.75, 3.05) is 18.9 Å². The summed E-state index contributed by atoms with van der Waals surface area (Å²) in [5.41, 5.74) is 0.895. The fourth-order valence-corrected chi connectivity index (χ4v) is 8.47. The van der Waals surface area contributed by atoms with E-state index in [4.69, 9.17) is 9.26 Å². The summed E-state index contributed by atoms with van der Waals surface area (Å²) < 4.78 is 25.8. The highest BCUT2D eigenvalue weighted by Crippen LogP contribution is 2.52. The fourth-order valence-electron chi connectivity index (χ4n) is 6.17. The van der Waals surface area contributed by atoms with Crippen LogP contribution in [0.4, 0.5) is 0 Å². The van der Waals surface area contributed by atoms with Gasteiger partial charge in [-0.3, -0.25) is 18.7 Å². The Labute approximate surface area is 239 Å². The van der Waals surface area contributed by atoms with Crippen LogP contribution in [0, 0.1) is 17.3 Å². The number of benzene rings is 1. The molecule has 1 N–H and O–H groups in total. The van der Waals surface area contributed by atoms with Gasteiger partial charge >= 0.3 is 11.9 Å². The third kappa shape index (κ3) is 8.91. The van der Waals surface area contributed by atoms with Crippen molar-refractivity contribution in [1.82, 2.24) is 4.90 Å². The lowest BCUT2D eigenvalue weighted by atomic mass is 9.69. The van der Waals surface area contributed by atoms with Crippen LogP contribution in [-0.4, -0.2) is 59.1 Å². The summed E-state index contributed by atoms with van der Waals surface area (Å²) in [6.45, 7) is 7.75. The number of esters is 1. The maximum atomic E-state index is 14.3. The van der Waals surface area contributed by atoms with Gasteiger partial charge in [-0.1, -0.05) is 77.3 Å². The molecule has 1 saturated heterocycles. The van der Waals surface area contributed by atoms with Crippen molar-refractivity contribution in [2.45, 2.75) is 104 Å². The first-order valence-electron chi connectivity index (χ1n) is 15.0. The van der Waals surface area contributed by atoms with Gasteiger partial charge in [0.15, 0.2) is 0 Å². The van der Waals surface area contributed by atoms with Gasteiger partial charge in [0.1, 0.15) is 12.2 Å². The molecule has 1 heterocycles. The van der Waals surface area contributed by atoms with Crippen LogP contribution in [-0.2, 0) is 34.6 Å². The Bertz CT molecular complexity index is 1040. The molecule has 3 rings (SSSR count). The van der Waals surface area contributed by atoms with E-state index < -0.39 is 43.7 Å². The van der Waals surface area contributed by atoms with Gasteiger partial charge in [-0.15, -0.1) is 0 Å². The number of nitrogens with zero attached hydrogens (tertiary/aromatic N) is 1. The van der Waals surface area contributed by atoms with Crippen LogP contribution < -0.4 is 0 Å². The number of hydrogen-bond donors (Lipinski definition) is 1. The monoisotopic (exact) mass is 577 g/mol. The van der Waals surface area contributed by atoms with Gasteiger partial charge in [-0.25, -0.2) is 4.79 Å². The second-order valence-corrected chi connectivity index (χ2v) is 14.9. The normalized spacial score (nSPS) is 24.0. The van der Waals surface area contributed by atoms with Crippen molar-refractivity contribution in [1.29, 1.82) is 0 Å². The van der Waals surface area contributed by atoms with E-state index in [1.807, 2.05) is 44.2 Å². The molecule has 2 aliphatic rings. The van der Waals surface area contributed by atoms with Crippen LogP contribution in [0.15, 0.2) is 30.3 Å². The third-order valence-electron chi connectivity index (χ3n) is 8.57.